The molecule has 0 spiro atoms. The van der Waals surface area contributed by atoms with Crippen LogP contribution in [-0.4, -0.2) is 5.84 Å². The van der Waals surface area contributed by atoms with Gasteiger partial charge in [0.15, 0.2) is 5.41 Å². The largest absolute Gasteiger partial charge is 0.318 e. The van der Waals surface area contributed by atoms with Gasteiger partial charge in [-0.15, -0.1) is 0 Å². The molecular weight excluding hydrogens is 440 g/mol. The van der Waals surface area contributed by atoms with Gasteiger partial charge in [-0.3, -0.25) is 0 Å². The molecule has 0 bridgehead atoms. The minimum absolute atomic E-state index is 0.494. The molecule has 0 amide bonds. The van der Waals surface area contributed by atoms with Crippen LogP contribution < -0.4 is 4.90 Å². The van der Waals surface area contributed by atoms with Crippen LogP contribution in [0.25, 0.3) is 11.1 Å². The van der Waals surface area contributed by atoms with Crippen LogP contribution in [0.4, 0.5) is 11.4 Å². The monoisotopic (exact) mass is 464 g/mol. The van der Waals surface area contributed by atoms with E-state index in [1.807, 2.05) is 60.7 Å². The SMILES string of the molecule is Cc1cccc(C)c1N=C1C(c2ccccc2)C(C#N)(C#N)C2c3ccccc3-c3ccccc3N12. The third-order valence-corrected chi connectivity index (χ3v) is 7.53. The number of benzene rings is 4. The molecule has 1 saturated heterocycles. The second-order valence-electron chi connectivity index (χ2n) is 9.52. The highest BCUT2D eigenvalue weighted by atomic mass is 15.3. The maximum absolute atomic E-state index is 10.8. The van der Waals surface area contributed by atoms with E-state index in [2.05, 4.69) is 67.3 Å². The lowest BCUT2D eigenvalue weighted by Crippen LogP contribution is -2.35. The number of amidine groups is 1. The van der Waals surface area contributed by atoms with Crippen LogP contribution in [0, 0.1) is 41.9 Å². The van der Waals surface area contributed by atoms with Gasteiger partial charge in [0, 0.05) is 5.56 Å². The van der Waals surface area contributed by atoms with Crippen molar-refractivity contribution in [2.24, 2.45) is 10.4 Å². The number of nitriles is 2. The van der Waals surface area contributed by atoms with Gasteiger partial charge in [0.05, 0.1) is 35.5 Å². The first-order chi connectivity index (χ1) is 17.6. The first-order valence-electron chi connectivity index (χ1n) is 12.1. The van der Waals surface area contributed by atoms with E-state index in [1.165, 1.54) is 0 Å². The Hall–Kier alpha value is -4.67. The molecule has 0 saturated carbocycles. The fourth-order valence-corrected chi connectivity index (χ4v) is 5.92. The Morgan fingerprint density at radius 1 is 0.722 bits per heavy atom. The number of hydrogen-bond donors (Lipinski definition) is 0. The third-order valence-electron chi connectivity index (χ3n) is 7.53. The topological polar surface area (TPSA) is 63.2 Å². The summed E-state index contributed by atoms with van der Waals surface area (Å²) >= 11 is 0. The minimum Gasteiger partial charge on any atom is -0.318 e. The summed E-state index contributed by atoms with van der Waals surface area (Å²) < 4.78 is 0. The predicted octanol–water partition coefficient (Wildman–Crippen LogP) is 7.39. The number of para-hydroxylation sites is 2. The van der Waals surface area contributed by atoms with Crippen molar-refractivity contribution < 1.29 is 0 Å². The second-order valence-corrected chi connectivity index (χ2v) is 9.52. The van der Waals surface area contributed by atoms with Crippen molar-refractivity contribution in [2.75, 3.05) is 4.90 Å². The van der Waals surface area contributed by atoms with Gasteiger partial charge in [0.1, 0.15) is 5.84 Å². The van der Waals surface area contributed by atoms with E-state index < -0.39 is 17.4 Å². The molecule has 0 N–H and O–H groups in total. The molecule has 2 heterocycles. The van der Waals surface area contributed by atoms with Crippen LogP contribution >= 0.6 is 0 Å². The zero-order valence-corrected chi connectivity index (χ0v) is 20.2. The average Bonchev–Trinajstić information content (AvgIpc) is 3.22. The van der Waals surface area contributed by atoms with Crippen LogP contribution in [0.1, 0.15) is 34.2 Å². The van der Waals surface area contributed by atoms with Crippen molar-refractivity contribution in [3.63, 3.8) is 0 Å². The summed E-state index contributed by atoms with van der Waals surface area (Å²) in [6.45, 7) is 4.11. The molecule has 0 radical (unpaired) electrons. The lowest BCUT2D eigenvalue weighted by Gasteiger charge is -2.37. The Morgan fingerprint density at radius 2 is 1.33 bits per heavy atom. The van der Waals surface area contributed by atoms with E-state index in [9.17, 15) is 10.5 Å². The number of aryl methyl sites for hydroxylation is 2. The van der Waals surface area contributed by atoms with Crippen LogP contribution in [0.5, 0.6) is 0 Å². The number of nitrogens with zero attached hydrogens (tertiary/aromatic N) is 4. The number of aliphatic imine (C=N–C) groups is 1. The summed E-state index contributed by atoms with van der Waals surface area (Å²) in [4.78, 5) is 7.46. The van der Waals surface area contributed by atoms with Crippen molar-refractivity contribution in [3.05, 3.63) is 119 Å². The van der Waals surface area contributed by atoms with E-state index >= 15 is 0 Å². The van der Waals surface area contributed by atoms with Crippen LogP contribution in [-0.2, 0) is 0 Å². The highest BCUT2D eigenvalue weighted by Gasteiger charge is 2.62. The number of anilines is 1. The summed E-state index contributed by atoms with van der Waals surface area (Å²) in [5, 5.41) is 21.6. The van der Waals surface area contributed by atoms with Gasteiger partial charge in [-0.05, 0) is 47.7 Å². The molecule has 4 aromatic rings. The van der Waals surface area contributed by atoms with Crippen molar-refractivity contribution in [1.82, 2.24) is 0 Å². The summed E-state index contributed by atoms with van der Waals surface area (Å²) in [6, 6.07) is 36.9. The molecule has 2 atom stereocenters. The Kier molecular flexibility index (Phi) is 4.99. The molecule has 172 valence electrons. The molecule has 0 aromatic heterocycles. The quantitative estimate of drug-likeness (QED) is 0.311. The Morgan fingerprint density at radius 3 is 2.03 bits per heavy atom. The first-order valence-corrected chi connectivity index (χ1v) is 12.1. The second kappa shape index (κ2) is 8.22. The molecule has 1 fully saturated rings. The standard InChI is InChI=1S/C32H24N4/c1-21-11-10-12-22(2)29(21)35-31-28(23-13-4-3-5-14-23)32(19-33,20-34)30-26-17-7-6-15-24(26)25-16-8-9-18-27(25)36(30)31/h3-18,28,30H,1-2H3. The summed E-state index contributed by atoms with van der Waals surface area (Å²) in [5.41, 5.74) is 6.63. The predicted molar refractivity (Wildman–Crippen MR) is 143 cm³/mol. The molecule has 4 nitrogen and oxygen atoms in total. The smallest absolute Gasteiger partial charge is 0.182 e. The minimum atomic E-state index is -1.37. The maximum atomic E-state index is 10.8. The van der Waals surface area contributed by atoms with E-state index in [-0.39, 0.29) is 0 Å². The van der Waals surface area contributed by atoms with E-state index in [0.29, 0.717) is 0 Å². The van der Waals surface area contributed by atoms with Gasteiger partial charge in [-0.1, -0.05) is 91.0 Å². The molecule has 4 heteroatoms. The molecule has 36 heavy (non-hydrogen) atoms. The fourth-order valence-electron chi connectivity index (χ4n) is 5.92. The lowest BCUT2D eigenvalue weighted by atomic mass is 9.69. The first kappa shape index (κ1) is 21.8. The maximum Gasteiger partial charge on any atom is 0.182 e. The van der Waals surface area contributed by atoms with Crippen LogP contribution in [0.2, 0.25) is 0 Å². The van der Waals surface area contributed by atoms with E-state index in [4.69, 9.17) is 4.99 Å². The zero-order chi connectivity index (χ0) is 24.9. The third kappa shape index (κ3) is 2.95. The van der Waals surface area contributed by atoms with Crippen LogP contribution in [0.3, 0.4) is 0 Å². The van der Waals surface area contributed by atoms with Crippen molar-refractivity contribution in [2.45, 2.75) is 25.8 Å². The Bertz CT molecular complexity index is 1570. The number of rotatable bonds is 2. The summed E-state index contributed by atoms with van der Waals surface area (Å²) in [5.74, 6) is 0.200. The van der Waals surface area contributed by atoms with Crippen molar-refractivity contribution in [3.8, 4) is 23.3 Å². The summed E-state index contributed by atoms with van der Waals surface area (Å²) in [6.07, 6.45) is 0. The van der Waals surface area contributed by atoms with Crippen LogP contribution in [0.15, 0.2) is 102 Å². The Balaban J connectivity index is 1.75. The highest BCUT2D eigenvalue weighted by molar-refractivity contribution is 6.12. The van der Waals surface area contributed by atoms with Crippen molar-refractivity contribution in [1.29, 1.82) is 10.5 Å². The molecule has 2 aliphatic heterocycles. The molecule has 2 unspecified atom stereocenters. The number of hydrogen-bond acceptors (Lipinski definition) is 3. The Labute approximate surface area is 211 Å². The lowest BCUT2D eigenvalue weighted by molar-refractivity contribution is 0.438. The van der Waals surface area contributed by atoms with Gasteiger partial charge in [-0.25, -0.2) is 4.99 Å². The molecule has 4 aromatic carbocycles. The van der Waals surface area contributed by atoms with E-state index in [1.54, 1.807) is 0 Å². The molecule has 6 rings (SSSR count). The average molecular weight is 465 g/mol. The zero-order valence-electron chi connectivity index (χ0n) is 20.2. The highest BCUT2D eigenvalue weighted by Crippen LogP contribution is 2.61. The van der Waals surface area contributed by atoms with Gasteiger partial charge < -0.3 is 4.90 Å². The normalized spacial score (nSPS) is 20.1. The van der Waals surface area contributed by atoms with Gasteiger partial charge in [-0.2, -0.15) is 10.5 Å². The molecular formula is C32H24N4. The van der Waals surface area contributed by atoms with Gasteiger partial charge >= 0.3 is 0 Å². The van der Waals surface area contributed by atoms with Gasteiger partial charge in [0.25, 0.3) is 0 Å². The molecule has 0 aliphatic carbocycles. The van der Waals surface area contributed by atoms with Gasteiger partial charge in [0.2, 0.25) is 0 Å². The van der Waals surface area contributed by atoms with E-state index in [0.717, 1.165) is 50.6 Å². The number of fused-ring (bicyclic) bond motifs is 6. The molecule has 2 aliphatic rings. The van der Waals surface area contributed by atoms with Crippen molar-refractivity contribution >= 4 is 17.2 Å². The fraction of sp³-hybridized carbons (Fsp3) is 0.156. The summed E-state index contributed by atoms with van der Waals surface area (Å²) in [7, 11) is 0.